The smallest absolute Gasteiger partial charge is 0.450 e. The molecule has 3 aromatic carbocycles. The van der Waals surface area contributed by atoms with Crippen LogP contribution in [0.5, 0.6) is 5.75 Å². The Morgan fingerprint density at radius 3 is 2.29 bits per heavy atom. The van der Waals surface area contributed by atoms with E-state index in [0.717, 1.165) is 11.1 Å². The van der Waals surface area contributed by atoms with Crippen LogP contribution in [0.3, 0.4) is 0 Å². The highest BCUT2D eigenvalue weighted by atomic mass is 79.9. The van der Waals surface area contributed by atoms with Gasteiger partial charge in [-0.2, -0.15) is 13.2 Å². The summed E-state index contributed by atoms with van der Waals surface area (Å²) < 4.78 is 52.8. The molecule has 0 aliphatic heterocycles. The number of aryl methyl sites for hydroxylation is 1. The normalized spacial score (nSPS) is 11.6. The second-order valence-corrected chi connectivity index (χ2v) is 7.99. The molecule has 7 heteroatoms. The molecule has 1 heterocycles. The number of hydrogen-bond acceptors (Lipinski definition) is 3. The highest BCUT2D eigenvalue weighted by Crippen LogP contribution is 2.38. The first-order chi connectivity index (χ1) is 14.7. The molecule has 1 aromatic heterocycles. The van der Waals surface area contributed by atoms with Gasteiger partial charge in [-0.3, -0.25) is 4.79 Å². The van der Waals surface area contributed by atoms with Gasteiger partial charge in [-0.1, -0.05) is 57.9 Å². The average molecular weight is 489 g/mol. The fraction of sp³-hybridized carbons (Fsp3) is 0.125. The topological polar surface area (TPSA) is 39.4 Å². The Labute approximate surface area is 184 Å². The van der Waals surface area contributed by atoms with E-state index in [2.05, 4.69) is 15.9 Å². The Bertz CT molecular complexity index is 1290. The van der Waals surface area contributed by atoms with Crippen molar-refractivity contribution in [2.24, 2.45) is 0 Å². The lowest BCUT2D eigenvalue weighted by atomic mass is 10.0. The summed E-state index contributed by atoms with van der Waals surface area (Å²) in [6, 6.07) is 18.0. The summed E-state index contributed by atoms with van der Waals surface area (Å²) in [5.41, 5.74) is 0.707. The Kier molecular flexibility index (Phi) is 5.62. The number of halogens is 4. The van der Waals surface area contributed by atoms with E-state index >= 15 is 0 Å². The summed E-state index contributed by atoms with van der Waals surface area (Å²) in [5, 5.41) is 0.0496. The monoisotopic (exact) mass is 488 g/mol. The second-order valence-electron chi connectivity index (χ2n) is 7.07. The van der Waals surface area contributed by atoms with Gasteiger partial charge in [0.05, 0.1) is 10.9 Å². The first kappa shape index (κ1) is 21.2. The quantitative estimate of drug-likeness (QED) is 0.306. The fourth-order valence-electron chi connectivity index (χ4n) is 3.19. The van der Waals surface area contributed by atoms with E-state index < -0.39 is 22.9 Å². The van der Waals surface area contributed by atoms with Crippen LogP contribution in [0.15, 0.2) is 80.4 Å². The van der Waals surface area contributed by atoms with E-state index in [9.17, 15) is 18.0 Å². The molecule has 0 aliphatic carbocycles. The minimum absolute atomic E-state index is 0.0496. The van der Waals surface area contributed by atoms with Crippen molar-refractivity contribution >= 4 is 26.9 Å². The zero-order chi connectivity index (χ0) is 22.2. The van der Waals surface area contributed by atoms with Crippen LogP contribution in [0.2, 0.25) is 0 Å². The third-order valence-electron chi connectivity index (χ3n) is 4.78. The number of benzene rings is 3. The molecule has 0 atom stereocenters. The molecule has 0 saturated heterocycles. The van der Waals surface area contributed by atoms with Crippen molar-refractivity contribution in [3.05, 3.63) is 98.3 Å². The largest absolute Gasteiger partial charge is 0.489 e. The van der Waals surface area contributed by atoms with Crippen LogP contribution in [0.4, 0.5) is 13.2 Å². The van der Waals surface area contributed by atoms with Gasteiger partial charge in [0.2, 0.25) is 11.2 Å². The van der Waals surface area contributed by atoms with Crippen molar-refractivity contribution < 1.29 is 22.3 Å². The highest BCUT2D eigenvalue weighted by Gasteiger charge is 2.39. The molecule has 0 spiro atoms. The molecular weight excluding hydrogens is 473 g/mol. The van der Waals surface area contributed by atoms with E-state index in [0.29, 0.717) is 10.2 Å². The molecule has 0 N–H and O–H groups in total. The molecule has 4 aromatic rings. The van der Waals surface area contributed by atoms with Gasteiger partial charge < -0.3 is 9.15 Å². The van der Waals surface area contributed by atoms with Crippen LogP contribution < -0.4 is 10.2 Å². The van der Waals surface area contributed by atoms with E-state index in [1.165, 1.54) is 24.3 Å². The molecule has 0 fully saturated rings. The van der Waals surface area contributed by atoms with E-state index in [-0.39, 0.29) is 23.1 Å². The van der Waals surface area contributed by atoms with Crippen LogP contribution in [0.25, 0.3) is 22.1 Å². The van der Waals surface area contributed by atoms with Crippen molar-refractivity contribution in [3.63, 3.8) is 0 Å². The number of rotatable bonds is 4. The third-order valence-corrected chi connectivity index (χ3v) is 5.31. The van der Waals surface area contributed by atoms with Crippen LogP contribution in [0, 0.1) is 6.92 Å². The number of ether oxygens (including phenoxy) is 1. The van der Waals surface area contributed by atoms with E-state index in [4.69, 9.17) is 9.15 Å². The van der Waals surface area contributed by atoms with E-state index in [1.54, 1.807) is 18.2 Å². The van der Waals surface area contributed by atoms with Gasteiger partial charge in [0, 0.05) is 10.5 Å². The van der Waals surface area contributed by atoms with Crippen LogP contribution >= 0.6 is 15.9 Å². The van der Waals surface area contributed by atoms with Crippen molar-refractivity contribution in [2.75, 3.05) is 0 Å². The van der Waals surface area contributed by atoms with E-state index in [1.807, 2.05) is 31.2 Å². The molecule has 4 rings (SSSR count). The van der Waals surface area contributed by atoms with Crippen molar-refractivity contribution in [3.8, 4) is 16.9 Å². The summed E-state index contributed by atoms with van der Waals surface area (Å²) in [5.74, 6) is -1.02. The summed E-state index contributed by atoms with van der Waals surface area (Å²) >= 11 is 3.24. The van der Waals surface area contributed by atoms with Gasteiger partial charge in [0.25, 0.3) is 0 Å². The SMILES string of the molecule is Cc1ccc(COc2ccc3c(=O)c(-c4ccc(Br)cc4)c(C(F)(F)F)oc3c2)cc1. The standard InChI is InChI=1S/C24H16BrF3O3/c1-14-2-4-15(5-3-14)13-30-18-10-11-19-20(12-18)31-23(24(26,27)28)21(22(19)29)16-6-8-17(25)9-7-16/h2-12H,13H2,1H3. The Hall–Kier alpha value is -3.06. The van der Waals surface area contributed by atoms with Crippen LogP contribution in [0.1, 0.15) is 16.9 Å². The molecule has 0 radical (unpaired) electrons. The molecule has 0 saturated carbocycles. The molecule has 158 valence electrons. The predicted octanol–water partition coefficient (Wildman–Crippen LogP) is 7.13. The first-order valence-electron chi connectivity index (χ1n) is 9.35. The maximum Gasteiger partial charge on any atom is 0.450 e. The Morgan fingerprint density at radius 1 is 0.968 bits per heavy atom. The summed E-state index contributed by atoms with van der Waals surface area (Å²) in [4.78, 5) is 13.0. The summed E-state index contributed by atoms with van der Waals surface area (Å²) in [7, 11) is 0. The number of hydrogen-bond donors (Lipinski definition) is 0. The minimum atomic E-state index is -4.84. The molecule has 3 nitrogen and oxygen atoms in total. The van der Waals surface area contributed by atoms with Gasteiger partial charge >= 0.3 is 6.18 Å². The molecule has 0 amide bonds. The van der Waals surface area contributed by atoms with Crippen molar-refractivity contribution in [1.82, 2.24) is 0 Å². The molecule has 0 aliphatic rings. The van der Waals surface area contributed by atoms with Gasteiger partial charge in [-0.05, 0) is 42.3 Å². The zero-order valence-corrected chi connectivity index (χ0v) is 17.9. The van der Waals surface area contributed by atoms with Gasteiger partial charge in [0.15, 0.2) is 0 Å². The van der Waals surface area contributed by atoms with Crippen LogP contribution in [-0.2, 0) is 12.8 Å². The lowest BCUT2D eigenvalue weighted by Gasteiger charge is -2.13. The highest BCUT2D eigenvalue weighted by molar-refractivity contribution is 9.10. The zero-order valence-electron chi connectivity index (χ0n) is 16.3. The Balaban J connectivity index is 1.77. The average Bonchev–Trinajstić information content (AvgIpc) is 2.73. The maximum atomic E-state index is 13.8. The minimum Gasteiger partial charge on any atom is -0.489 e. The number of alkyl halides is 3. The fourth-order valence-corrected chi connectivity index (χ4v) is 3.46. The van der Waals surface area contributed by atoms with Crippen LogP contribution in [-0.4, -0.2) is 0 Å². The molecule has 31 heavy (non-hydrogen) atoms. The van der Waals surface area contributed by atoms with Gasteiger partial charge in [-0.25, -0.2) is 0 Å². The maximum absolute atomic E-state index is 13.8. The molecular formula is C24H16BrF3O3. The van der Waals surface area contributed by atoms with Crippen molar-refractivity contribution in [1.29, 1.82) is 0 Å². The number of fused-ring (bicyclic) bond motifs is 1. The van der Waals surface area contributed by atoms with Crippen molar-refractivity contribution in [2.45, 2.75) is 19.7 Å². The summed E-state index contributed by atoms with van der Waals surface area (Å²) in [6.45, 7) is 2.20. The molecule has 0 unspecified atom stereocenters. The second kappa shape index (κ2) is 8.23. The third kappa shape index (κ3) is 4.51. The lowest BCUT2D eigenvalue weighted by Crippen LogP contribution is -2.16. The van der Waals surface area contributed by atoms with Gasteiger partial charge in [-0.15, -0.1) is 0 Å². The van der Waals surface area contributed by atoms with Gasteiger partial charge in [0.1, 0.15) is 17.9 Å². The molecule has 0 bridgehead atoms. The Morgan fingerprint density at radius 2 is 1.65 bits per heavy atom. The summed E-state index contributed by atoms with van der Waals surface area (Å²) in [6.07, 6.45) is -4.84. The predicted molar refractivity (Wildman–Crippen MR) is 116 cm³/mol. The lowest BCUT2D eigenvalue weighted by molar-refractivity contribution is -0.152. The first-order valence-corrected chi connectivity index (χ1v) is 10.1.